The molecule has 1 amide bonds. The smallest absolute Gasteiger partial charge is 0.221 e. The number of phenolic OH excluding ortho intramolecular Hbond substituents is 1. The molecule has 2 N–H and O–H groups in total. The molecule has 4 heteroatoms. The molecular formula is C20H24N2O2. The first-order valence-electron chi connectivity index (χ1n) is 8.34. The lowest BCUT2D eigenvalue weighted by atomic mass is 9.96. The van der Waals surface area contributed by atoms with Crippen LogP contribution in [0.5, 0.6) is 5.75 Å². The third kappa shape index (κ3) is 3.44. The number of phenols is 1. The van der Waals surface area contributed by atoms with Crippen molar-refractivity contribution in [3.63, 3.8) is 0 Å². The van der Waals surface area contributed by atoms with Gasteiger partial charge in [0.25, 0.3) is 0 Å². The van der Waals surface area contributed by atoms with Gasteiger partial charge in [-0.05, 0) is 54.7 Å². The van der Waals surface area contributed by atoms with Crippen LogP contribution in [-0.4, -0.2) is 22.5 Å². The van der Waals surface area contributed by atoms with Crippen LogP contribution in [0, 0.1) is 13.8 Å². The summed E-state index contributed by atoms with van der Waals surface area (Å²) in [6.07, 6.45) is 0.900. The second-order valence-corrected chi connectivity index (χ2v) is 6.65. The first-order chi connectivity index (χ1) is 11.4. The van der Waals surface area contributed by atoms with Crippen LogP contribution in [0.4, 0.5) is 5.69 Å². The van der Waals surface area contributed by atoms with E-state index in [9.17, 15) is 9.90 Å². The normalized spacial score (nSPS) is 14.3. The number of benzene rings is 2. The average Bonchev–Trinajstić information content (AvgIpc) is 2.52. The van der Waals surface area contributed by atoms with Crippen molar-refractivity contribution in [1.82, 2.24) is 4.90 Å². The van der Waals surface area contributed by atoms with Gasteiger partial charge in [-0.2, -0.15) is 0 Å². The van der Waals surface area contributed by atoms with Gasteiger partial charge in [0.1, 0.15) is 5.75 Å². The Morgan fingerprint density at radius 1 is 1.25 bits per heavy atom. The minimum Gasteiger partial charge on any atom is -0.508 e. The maximum absolute atomic E-state index is 11.4. The average molecular weight is 324 g/mol. The zero-order chi connectivity index (χ0) is 17.3. The summed E-state index contributed by atoms with van der Waals surface area (Å²) in [5.74, 6) is 0.335. The number of carbonyl (C=O) groups excluding carboxylic acids is 1. The number of amides is 1. The van der Waals surface area contributed by atoms with Crippen molar-refractivity contribution in [2.24, 2.45) is 0 Å². The molecule has 126 valence electrons. The number of hydrogen-bond donors (Lipinski definition) is 2. The second kappa shape index (κ2) is 6.65. The van der Waals surface area contributed by atoms with E-state index in [1.165, 1.54) is 23.6 Å². The number of hydrogen-bond acceptors (Lipinski definition) is 3. The molecule has 0 spiro atoms. The van der Waals surface area contributed by atoms with Gasteiger partial charge < -0.3 is 10.4 Å². The highest BCUT2D eigenvalue weighted by molar-refractivity contribution is 5.89. The summed E-state index contributed by atoms with van der Waals surface area (Å²) in [5.41, 5.74) is 6.69. The van der Waals surface area contributed by atoms with Gasteiger partial charge in [0.2, 0.25) is 5.91 Å². The fraction of sp³-hybridized carbons (Fsp3) is 0.350. The Kier molecular flexibility index (Phi) is 4.58. The number of anilines is 1. The number of nitrogens with zero attached hydrogens (tertiary/aromatic N) is 1. The summed E-state index contributed by atoms with van der Waals surface area (Å²) >= 11 is 0. The van der Waals surface area contributed by atoms with Crippen molar-refractivity contribution in [3.8, 4) is 5.75 Å². The number of carbonyl (C=O) groups is 1. The number of aryl methyl sites for hydroxylation is 2. The van der Waals surface area contributed by atoms with E-state index in [0.717, 1.165) is 42.9 Å². The lowest BCUT2D eigenvalue weighted by Gasteiger charge is -2.30. The van der Waals surface area contributed by atoms with E-state index in [2.05, 4.69) is 29.3 Å². The maximum Gasteiger partial charge on any atom is 0.221 e. The van der Waals surface area contributed by atoms with Gasteiger partial charge in [0.15, 0.2) is 0 Å². The third-order valence-electron chi connectivity index (χ3n) is 4.74. The minimum atomic E-state index is -0.0362. The molecule has 1 aliphatic heterocycles. The zero-order valence-electron chi connectivity index (χ0n) is 14.5. The molecule has 2 aromatic carbocycles. The quantitative estimate of drug-likeness (QED) is 0.908. The molecule has 2 aromatic rings. The van der Waals surface area contributed by atoms with Crippen molar-refractivity contribution in [1.29, 1.82) is 0 Å². The van der Waals surface area contributed by atoms with Crippen LogP contribution in [0.2, 0.25) is 0 Å². The largest absolute Gasteiger partial charge is 0.508 e. The van der Waals surface area contributed by atoms with Crippen LogP contribution in [-0.2, 0) is 24.3 Å². The van der Waals surface area contributed by atoms with E-state index >= 15 is 0 Å². The van der Waals surface area contributed by atoms with Crippen molar-refractivity contribution < 1.29 is 9.90 Å². The van der Waals surface area contributed by atoms with Crippen molar-refractivity contribution in [2.75, 3.05) is 11.9 Å². The summed E-state index contributed by atoms with van der Waals surface area (Å²) in [5, 5.41) is 13.1. The van der Waals surface area contributed by atoms with Crippen molar-refractivity contribution >= 4 is 11.6 Å². The Hall–Kier alpha value is -2.33. The van der Waals surface area contributed by atoms with Gasteiger partial charge >= 0.3 is 0 Å². The molecule has 24 heavy (non-hydrogen) atoms. The van der Waals surface area contributed by atoms with Gasteiger partial charge in [-0.25, -0.2) is 0 Å². The second-order valence-electron chi connectivity index (χ2n) is 6.65. The lowest BCUT2D eigenvalue weighted by molar-refractivity contribution is -0.114. The van der Waals surface area contributed by atoms with E-state index in [1.807, 2.05) is 25.1 Å². The molecule has 0 radical (unpaired) electrons. The minimum absolute atomic E-state index is 0.0362. The Morgan fingerprint density at radius 2 is 2.00 bits per heavy atom. The SMILES string of the molecule is CC(=O)Nc1cccc2c1CCN(Cc1cc(C)c(C)cc1O)C2. The zero-order valence-corrected chi connectivity index (χ0v) is 14.5. The van der Waals surface area contributed by atoms with Crippen molar-refractivity contribution in [3.05, 3.63) is 58.1 Å². The van der Waals surface area contributed by atoms with E-state index in [1.54, 1.807) is 0 Å². The summed E-state index contributed by atoms with van der Waals surface area (Å²) in [4.78, 5) is 13.7. The number of nitrogens with one attached hydrogen (secondary N) is 1. The standard InChI is InChI=1S/C20H24N2O2/c1-13-9-17(20(24)10-14(13)2)12-22-8-7-18-16(11-22)5-4-6-19(18)21-15(3)23/h4-6,9-10,24H,7-8,11-12H2,1-3H3,(H,21,23). The van der Waals surface area contributed by atoms with E-state index in [4.69, 9.17) is 0 Å². The molecule has 0 aliphatic carbocycles. The third-order valence-corrected chi connectivity index (χ3v) is 4.74. The molecule has 3 rings (SSSR count). The molecule has 0 bridgehead atoms. The monoisotopic (exact) mass is 324 g/mol. The Bertz CT molecular complexity index is 783. The molecule has 0 aromatic heterocycles. The van der Waals surface area contributed by atoms with Crippen LogP contribution in [0.1, 0.15) is 34.7 Å². The van der Waals surface area contributed by atoms with Gasteiger partial charge in [-0.3, -0.25) is 9.69 Å². The fourth-order valence-electron chi connectivity index (χ4n) is 3.34. The highest BCUT2D eigenvalue weighted by Gasteiger charge is 2.20. The highest BCUT2D eigenvalue weighted by Crippen LogP contribution is 2.29. The molecule has 0 fully saturated rings. The molecule has 1 heterocycles. The summed E-state index contributed by atoms with van der Waals surface area (Å²) < 4.78 is 0. The predicted octanol–water partition coefficient (Wildman–Crippen LogP) is 3.53. The summed E-state index contributed by atoms with van der Waals surface area (Å²) in [6.45, 7) is 8.10. The molecular weight excluding hydrogens is 300 g/mol. The Morgan fingerprint density at radius 3 is 2.75 bits per heavy atom. The first kappa shape index (κ1) is 16.5. The molecule has 1 aliphatic rings. The fourth-order valence-corrected chi connectivity index (χ4v) is 3.34. The first-order valence-corrected chi connectivity index (χ1v) is 8.34. The number of rotatable bonds is 3. The Balaban J connectivity index is 1.79. The van der Waals surface area contributed by atoms with Gasteiger partial charge in [-0.15, -0.1) is 0 Å². The van der Waals surface area contributed by atoms with Crippen LogP contribution in [0.3, 0.4) is 0 Å². The van der Waals surface area contributed by atoms with Crippen LogP contribution >= 0.6 is 0 Å². The predicted molar refractivity (Wildman–Crippen MR) is 96.1 cm³/mol. The van der Waals surface area contributed by atoms with Crippen LogP contribution < -0.4 is 5.32 Å². The Labute approximate surface area is 143 Å². The molecule has 0 saturated carbocycles. The number of fused-ring (bicyclic) bond motifs is 1. The van der Waals surface area contributed by atoms with E-state index < -0.39 is 0 Å². The van der Waals surface area contributed by atoms with Gasteiger partial charge in [-0.1, -0.05) is 18.2 Å². The van der Waals surface area contributed by atoms with Gasteiger partial charge in [0, 0.05) is 37.8 Å². The van der Waals surface area contributed by atoms with E-state index in [0.29, 0.717) is 5.75 Å². The topological polar surface area (TPSA) is 52.6 Å². The molecule has 4 nitrogen and oxygen atoms in total. The summed E-state index contributed by atoms with van der Waals surface area (Å²) in [6, 6.07) is 9.99. The molecule has 0 saturated heterocycles. The van der Waals surface area contributed by atoms with Crippen LogP contribution in [0.15, 0.2) is 30.3 Å². The van der Waals surface area contributed by atoms with Crippen LogP contribution in [0.25, 0.3) is 0 Å². The highest BCUT2D eigenvalue weighted by atomic mass is 16.3. The summed E-state index contributed by atoms with van der Waals surface area (Å²) in [7, 11) is 0. The van der Waals surface area contributed by atoms with Gasteiger partial charge in [0.05, 0.1) is 0 Å². The number of aromatic hydroxyl groups is 1. The molecule has 0 unspecified atom stereocenters. The molecule has 0 atom stereocenters. The van der Waals surface area contributed by atoms with E-state index in [-0.39, 0.29) is 5.91 Å². The maximum atomic E-state index is 11.4. The lowest BCUT2D eigenvalue weighted by Crippen LogP contribution is -2.30. The van der Waals surface area contributed by atoms with Crippen molar-refractivity contribution in [2.45, 2.75) is 40.3 Å².